The number of anilines is 1. The minimum atomic E-state index is -0.204. The molecule has 0 aliphatic rings. The molecule has 4 rings (SSSR count). The Morgan fingerprint density at radius 3 is 2.41 bits per heavy atom. The molecule has 7 nitrogen and oxygen atoms in total. The minimum Gasteiger partial charge on any atom is -0.497 e. The van der Waals surface area contributed by atoms with E-state index in [1.165, 1.54) is 0 Å². The van der Waals surface area contributed by atoms with Crippen LogP contribution in [0.5, 0.6) is 11.5 Å². The maximum Gasteiger partial charge on any atom is 0.255 e. The molecule has 0 radical (unpaired) electrons. The molecule has 0 spiro atoms. The van der Waals surface area contributed by atoms with Crippen molar-refractivity contribution in [3.63, 3.8) is 0 Å². The fraction of sp³-hybridized carbons (Fsp3) is 0.240. The third-order valence-electron chi connectivity index (χ3n) is 4.96. The largest absolute Gasteiger partial charge is 0.497 e. The highest BCUT2D eigenvalue weighted by Gasteiger charge is 2.13. The number of ether oxygens (including phenoxy) is 2. The Kier molecular flexibility index (Phi) is 6.07. The number of nitrogens with zero attached hydrogens (tertiary/aromatic N) is 3. The van der Waals surface area contributed by atoms with Crippen LogP contribution in [0.1, 0.15) is 29.8 Å². The van der Waals surface area contributed by atoms with Crippen LogP contribution in [-0.2, 0) is 0 Å². The van der Waals surface area contributed by atoms with Crippen LogP contribution < -0.4 is 14.8 Å². The number of benzene rings is 3. The van der Waals surface area contributed by atoms with Crippen molar-refractivity contribution in [1.82, 2.24) is 15.0 Å². The van der Waals surface area contributed by atoms with Gasteiger partial charge in [-0.15, -0.1) is 10.2 Å². The highest BCUT2D eigenvalue weighted by Crippen LogP contribution is 2.24. The van der Waals surface area contributed by atoms with Crippen molar-refractivity contribution in [1.29, 1.82) is 0 Å². The van der Waals surface area contributed by atoms with E-state index in [0.717, 1.165) is 22.5 Å². The summed E-state index contributed by atoms with van der Waals surface area (Å²) in [5.41, 5.74) is 4.39. The molecular weight excluding hydrogens is 404 g/mol. The predicted octanol–water partition coefficient (Wildman–Crippen LogP) is 5.02. The van der Waals surface area contributed by atoms with E-state index in [0.29, 0.717) is 35.0 Å². The number of amides is 1. The van der Waals surface area contributed by atoms with Crippen molar-refractivity contribution in [3.05, 3.63) is 71.8 Å². The second kappa shape index (κ2) is 9.09. The van der Waals surface area contributed by atoms with E-state index in [2.05, 4.69) is 29.4 Å². The van der Waals surface area contributed by atoms with E-state index in [1.807, 2.05) is 55.5 Å². The zero-order valence-electron chi connectivity index (χ0n) is 18.6. The molecule has 1 heterocycles. The first-order chi connectivity index (χ1) is 15.4. The summed E-state index contributed by atoms with van der Waals surface area (Å²) in [6, 6.07) is 18.5. The lowest BCUT2D eigenvalue weighted by molar-refractivity contribution is 0.102. The topological polar surface area (TPSA) is 78.3 Å². The van der Waals surface area contributed by atoms with Crippen LogP contribution >= 0.6 is 0 Å². The normalized spacial score (nSPS) is 11.0. The molecule has 3 aromatic carbocycles. The monoisotopic (exact) mass is 430 g/mol. The molecule has 0 aliphatic heterocycles. The van der Waals surface area contributed by atoms with Gasteiger partial charge in [0.1, 0.15) is 22.5 Å². The molecule has 1 N–H and O–H groups in total. The van der Waals surface area contributed by atoms with Crippen LogP contribution in [-0.4, -0.2) is 34.6 Å². The molecule has 32 heavy (non-hydrogen) atoms. The molecule has 1 aromatic heterocycles. The van der Waals surface area contributed by atoms with Gasteiger partial charge in [-0.25, -0.2) is 0 Å². The fourth-order valence-corrected chi connectivity index (χ4v) is 3.22. The molecule has 0 saturated heterocycles. The van der Waals surface area contributed by atoms with Crippen LogP contribution in [0.4, 0.5) is 5.69 Å². The second-order valence-corrected chi connectivity index (χ2v) is 8.03. The Balaban J connectivity index is 1.56. The van der Waals surface area contributed by atoms with Gasteiger partial charge in [0.05, 0.1) is 19.4 Å². The summed E-state index contributed by atoms with van der Waals surface area (Å²) in [7, 11) is 1.63. The van der Waals surface area contributed by atoms with Crippen molar-refractivity contribution in [2.75, 3.05) is 19.0 Å². The van der Waals surface area contributed by atoms with E-state index in [1.54, 1.807) is 24.0 Å². The van der Waals surface area contributed by atoms with Gasteiger partial charge in [-0.2, -0.15) is 4.80 Å². The maximum absolute atomic E-state index is 12.9. The Hall–Kier alpha value is -3.87. The van der Waals surface area contributed by atoms with Gasteiger partial charge in [0.15, 0.2) is 0 Å². The lowest BCUT2D eigenvalue weighted by Gasteiger charge is -2.11. The molecule has 0 bridgehead atoms. The summed E-state index contributed by atoms with van der Waals surface area (Å²) >= 11 is 0. The second-order valence-electron chi connectivity index (χ2n) is 8.03. The third kappa shape index (κ3) is 4.72. The van der Waals surface area contributed by atoms with Crippen LogP contribution in [0.3, 0.4) is 0 Å². The molecule has 164 valence electrons. The third-order valence-corrected chi connectivity index (χ3v) is 4.96. The predicted molar refractivity (Wildman–Crippen MR) is 125 cm³/mol. The van der Waals surface area contributed by atoms with E-state index in [4.69, 9.17) is 9.47 Å². The lowest BCUT2D eigenvalue weighted by Crippen LogP contribution is -2.13. The van der Waals surface area contributed by atoms with Crippen molar-refractivity contribution in [2.45, 2.75) is 20.8 Å². The summed E-state index contributed by atoms with van der Waals surface area (Å²) in [5.74, 6) is 1.66. The van der Waals surface area contributed by atoms with E-state index < -0.39 is 0 Å². The number of nitrogens with one attached hydrogen (secondary N) is 1. The van der Waals surface area contributed by atoms with Gasteiger partial charge >= 0.3 is 0 Å². The number of carbonyl (C=O) groups excluding carboxylic acids is 1. The number of rotatable bonds is 7. The van der Waals surface area contributed by atoms with Gasteiger partial charge in [0.25, 0.3) is 5.91 Å². The van der Waals surface area contributed by atoms with Gasteiger partial charge in [-0.3, -0.25) is 4.79 Å². The van der Waals surface area contributed by atoms with Crippen molar-refractivity contribution < 1.29 is 14.3 Å². The summed E-state index contributed by atoms with van der Waals surface area (Å²) < 4.78 is 10.9. The highest BCUT2D eigenvalue weighted by molar-refractivity contribution is 6.05. The van der Waals surface area contributed by atoms with Gasteiger partial charge in [-0.1, -0.05) is 19.9 Å². The van der Waals surface area contributed by atoms with Crippen molar-refractivity contribution >= 4 is 22.6 Å². The van der Waals surface area contributed by atoms with E-state index >= 15 is 0 Å². The lowest BCUT2D eigenvalue weighted by atomic mass is 10.1. The van der Waals surface area contributed by atoms with E-state index in [-0.39, 0.29) is 5.91 Å². The van der Waals surface area contributed by atoms with Gasteiger partial charge in [-0.05, 0) is 73.0 Å². The molecule has 1 amide bonds. The molecular formula is C25H26N4O3. The molecule has 0 saturated carbocycles. The zero-order valence-corrected chi connectivity index (χ0v) is 18.6. The number of hydrogen-bond acceptors (Lipinski definition) is 5. The first-order valence-corrected chi connectivity index (χ1v) is 10.5. The molecule has 0 unspecified atom stereocenters. The Labute approximate surface area is 187 Å². The standard InChI is InChI=1S/C25H26N4O3/c1-16(2)15-32-21-7-5-6-18(13-21)25(30)26-22-14-24-23(12-17(22)3)27-29(28-24)19-8-10-20(31-4)11-9-19/h5-14,16H,15H2,1-4H3,(H,26,30). The van der Waals surface area contributed by atoms with Gasteiger partial charge in [0, 0.05) is 11.3 Å². The van der Waals surface area contributed by atoms with Crippen molar-refractivity contribution in [2.24, 2.45) is 5.92 Å². The first kappa shape index (κ1) is 21.4. The number of carbonyl (C=O) groups is 1. The summed E-state index contributed by atoms with van der Waals surface area (Å²) in [5, 5.41) is 12.1. The molecule has 7 heteroatoms. The summed E-state index contributed by atoms with van der Waals surface area (Å²) in [6.07, 6.45) is 0. The number of methoxy groups -OCH3 is 1. The Morgan fingerprint density at radius 2 is 1.72 bits per heavy atom. The van der Waals surface area contributed by atoms with Crippen LogP contribution in [0, 0.1) is 12.8 Å². The maximum atomic E-state index is 12.9. The van der Waals surface area contributed by atoms with Gasteiger partial charge in [0.2, 0.25) is 0 Å². The Bertz CT molecular complexity index is 1250. The quantitative estimate of drug-likeness (QED) is 0.445. The molecule has 0 atom stereocenters. The van der Waals surface area contributed by atoms with Crippen LogP contribution in [0.15, 0.2) is 60.7 Å². The highest BCUT2D eigenvalue weighted by atomic mass is 16.5. The number of aryl methyl sites for hydroxylation is 1. The van der Waals surface area contributed by atoms with Crippen LogP contribution in [0.25, 0.3) is 16.7 Å². The van der Waals surface area contributed by atoms with Crippen LogP contribution in [0.2, 0.25) is 0 Å². The average Bonchev–Trinajstić information content (AvgIpc) is 3.20. The number of fused-ring (bicyclic) bond motifs is 1. The van der Waals surface area contributed by atoms with E-state index in [9.17, 15) is 4.79 Å². The molecule has 4 aromatic rings. The summed E-state index contributed by atoms with van der Waals surface area (Å²) in [4.78, 5) is 14.4. The number of hydrogen-bond donors (Lipinski definition) is 1. The number of aromatic nitrogens is 3. The van der Waals surface area contributed by atoms with Gasteiger partial charge < -0.3 is 14.8 Å². The van der Waals surface area contributed by atoms with Crippen molar-refractivity contribution in [3.8, 4) is 17.2 Å². The Morgan fingerprint density at radius 1 is 1.00 bits per heavy atom. The minimum absolute atomic E-state index is 0.204. The first-order valence-electron chi connectivity index (χ1n) is 10.5. The SMILES string of the molecule is COc1ccc(-n2nc3cc(C)c(NC(=O)c4cccc(OCC(C)C)c4)cc3n2)cc1. The zero-order chi connectivity index (χ0) is 22.7. The smallest absolute Gasteiger partial charge is 0.255 e. The average molecular weight is 431 g/mol. The molecule has 0 fully saturated rings. The summed E-state index contributed by atoms with van der Waals surface area (Å²) in [6.45, 7) is 6.70. The fourth-order valence-electron chi connectivity index (χ4n) is 3.22. The molecule has 0 aliphatic carbocycles.